The first-order chi connectivity index (χ1) is 13.2. The largest absolute Gasteiger partial charge is 0.504 e. The molecule has 7 nitrogen and oxygen atoms in total. The van der Waals surface area contributed by atoms with Crippen molar-refractivity contribution in [2.45, 2.75) is 24.8 Å². The Morgan fingerprint density at radius 2 is 1.79 bits per heavy atom. The highest BCUT2D eigenvalue weighted by atomic mass is 35.5. The monoisotopic (exact) mass is 463 g/mol. The molecular formula is C17H16Cl3N3O4S. The molecule has 3 rings (SSSR count). The van der Waals surface area contributed by atoms with Gasteiger partial charge in [-0.05, 0) is 13.8 Å². The number of nitrogens with zero attached hydrogens (tertiary/aromatic N) is 3. The van der Waals surface area contributed by atoms with E-state index < -0.39 is 10.8 Å². The molecule has 1 aromatic carbocycles. The first-order valence-corrected chi connectivity index (χ1v) is 10.3. The number of ether oxygens (including phenoxy) is 2. The lowest BCUT2D eigenvalue weighted by atomic mass is 10.1. The third-order valence-electron chi connectivity index (χ3n) is 4.28. The van der Waals surface area contributed by atoms with Crippen LogP contribution in [0.15, 0.2) is 11.2 Å². The molecule has 0 bridgehead atoms. The third-order valence-corrected chi connectivity index (χ3v) is 6.66. The number of hydrogen-bond donors (Lipinski definition) is 1. The van der Waals surface area contributed by atoms with Crippen molar-refractivity contribution >= 4 is 56.8 Å². The summed E-state index contributed by atoms with van der Waals surface area (Å²) in [6, 6.07) is 1.34. The predicted octanol–water partition coefficient (Wildman–Crippen LogP) is 4.39. The molecule has 0 amide bonds. The number of pyridine rings is 1. The van der Waals surface area contributed by atoms with Gasteiger partial charge in [0.25, 0.3) is 0 Å². The van der Waals surface area contributed by atoms with Gasteiger partial charge in [-0.2, -0.15) is 0 Å². The van der Waals surface area contributed by atoms with E-state index in [0.29, 0.717) is 22.5 Å². The number of aromatic nitrogens is 3. The Hall–Kier alpha value is -1.74. The molecule has 0 aliphatic carbocycles. The summed E-state index contributed by atoms with van der Waals surface area (Å²) in [7, 11) is 1.23. The number of methoxy groups -OCH3 is 2. The number of phenols is 1. The van der Waals surface area contributed by atoms with Gasteiger partial charge in [0.2, 0.25) is 5.16 Å². The van der Waals surface area contributed by atoms with Gasteiger partial charge < -0.3 is 14.6 Å². The third kappa shape index (κ3) is 3.39. The molecule has 0 aliphatic rings. The summed E-state index contributed by atoms with van der Waals surface area (Å²) in [4.78, 5) is 8.60. The van der Waals surface area contributed by atoms with Gasteiger partial charge in [-0.15, -0.1) is 0 Å². The van der Waals surface area contributed by atoms with E-state index in [1.165, 1.54) is 20.3 Å². The molecule has 0 spiro atoms. The fourth-order valence-electron chi connectivity index (χ4n) is 2.86. The van der Waals surface area contributed by atoms with E-state index in [1.54, 1.807) is 6.92 Å². The van der Waals surface area contributed by atoms with Gasteiger partial charge in [0, 0.05) is 29.0 Å². The lowest BCUT2D eigenvalue weighted by Crippen LogP contribution is -2.07. The molecule has 28 heavy (non-hydrogen) atoms. The summed E-state index contributed by atoms with van der Waals surface area (Å²) in [5.41, 5.74) is 2.50. The summed E-state index contributed by atoms with van der Waals surface area (Å²) >= 11 is 18.7. The lowest BCUT2D eigenvalue weighted by Gasteiger charge is -2.13. The maximum absolute atomic E-state index is 13.0. The quantitative estimate of drug-likeness (QED) is 0.564. The highest BCUT2D eigenvalue weighted by molar-refractivity contribution is 7.84. The highest BCUT2D eigenvalue weighted by Crippen LogP contribution is 2.41. The van der Waals surface area contributed by atoms with Crippen LogP contribution in [-0.2, 0) is 16.6 Å². The minimum atomic E-state index is -1.68. The fraction of sp³-hybridized carbons (Fsp3) is 0.294. The topological polar surface area (TPSA) is 86.5 Å². The smallest absolute Gasteiger partial charge is 0.215 e. The minimum absolute atomic E-state index is 0.0129. The van der Waals surface area contributed by atoms with Crippen molar-refractivity contribution in [3.8, 4) is 17.2 Å². The number of halogens is 3. The van der Waals surface area contributed by atoms with Gasteiger partial charge in [0.05, 0.1) is 42.0 Å². The Balaban J connectivity index is 2.07. The first-order valence-electron chi connectivity index (χ1n) is 7.93. The zero-order chi connectivity index (χ0) is 20.7. The Kier molecular flexibility index (Phi) is 5.95. The molecule has 1 N–H and O–H groups in total. The van der Waals surface area contributed by atoms with Crippen LogP contribution in [0.25, 0.3) is 11.0 Å². The number of rotatable bonds is 5. The number of hydrogen-bond acceptors (Lipinski definition) is 6. The Morgan fingerprint density at radius 3 is 2.39 bits per heavy atom. The maximum Gasteiger partial charge on any atom is 0.215 e. The molecule has 3 aromatic rings. The van der Waals surface area contributed by atoms with Gasteiger partial charge in [-0.3, -0.25) is 4.21 Å². The van der Waals surface area contributed by atoms with E-state index in [2.05, 4.69) is 9.97 Å². The van der Waals surface area contributed by atoms with E-state index in [4.69, 9.17) is 44.5 Å². The van der Waals surface area contributed by atoms with Gasteiger partial charge in [-0.1, -0.05) is 23.2 Å². The summed E-state index contributed by atoms with van der Waals surface area (Å²) in [6.07, 6.45) is 0. The maximum atomic E-state index is 13.0. The SMILES string of the molecule is COc1c(C)c(Cl)nc(CS(=O)c2nc3c(Cl)c(OC)c(O)cc3n2Cl)c1C. The zero-order valence-electron chi connectivity index (χ0n) is 15.3. The van der Waals surface area contributed by atoms with Crippen molar-refractivity contribution in [2.24, 2.45) is 0 Å². The van der Waals surface area contributed by atoms with E-state index in [0.717, 1.165) is 9.65 Å². The second kappa shape index (κ2) is 7.94. The molecule has 0 fully saturated rings. The van der Waals surface area contributed by atoms with Crippen molar-refractivity contribution in [2.75, 3.05) is 14.2 Å². The number of aromatic hydroxyl groups is 1. The van der Waals surface area contributed by atoms with Gasteiger partial charge in [0.15, 0.2) is 11.5 Å². The van der Waals surface area contributed by atoms with Gasteiger partial charge >= 0.3 is 0 Å². The average Bonchev–Trinajstić information content (AvgIpc) is 2.97. The molecule has 2 aromatic heterocycles. The van der Waals surface area contributed by atoms with Crippen molar-refractivity contribution in [1.82, 2.24) is 14.1 Å². The van der Waals surface area contributed by atoms with Crippen molar-refractivity contribution in [1.29, 1.82) is 0 Å². The molecule has 11 heteroatoms. The summed E-state index contributed by atoms with van der Waals surface area (Å²) < 4.78 is 24.5. The van der Waals surface area contributed by atoms with Crippen molar-refractivity contribution in [3.63, 3.8) is 0 Å². The zero-order valence-corrected chi connectivity index (χ0v) is 18.4. The normalized spacial score (nSPS) is 12.4. The van der Waals surface area contributed by atoms with Crippen LogP contribution in [0.3, 0.4) is 0 Å². The molecule has 0 aliphatic heterocycles. The second-order valence-electron chi connectivity index (χ2n) is 5.91. The van der Waals surface area contributed by atoms with E-state index in [1.807, 2.05) is 6.92 Å². The van der Waals surface area contributed by atoms with Crippen LogP contribution in [0.4, 0.5) is 0 Å². The average molecular weight is 465 g/mol. The van der Waals surface area contributed by atoms with Gasteiger partial charge in [0.1, 0.15) is 21.4 Å². The predicted molar refractivity (Wildman–Crippen MR) is 110 cm³/mol. The van der Waals surface area contributed by atoms with Crippen LogP contribution in [0.1, 0.15) is 16.8 Å². The number of benzene rings is 1. The van der Waals surface area contributed by atoms with Crippen LogP contribution < -0.4 is 9.47 Å². The van der Waals surface area contributed by atoms with Crippen molar-refractivity contribution < 1.29 is 18.8 Å². The molecule has 150 valence electrons. The van der Waals surface area contributed by atoms with E-state index >= 15 is 0 Å². The Bertz CT molecular complexity index is 1120. The molecule has 0 saturated heterocycles. The highest BCUT2D eigenvalue weighted by Gasteiger charge is 2.24. The van der Waals surface area contributed by atoms with Crippen LogP contribution >= 0.6 is 35.0 Å². The molecule has 2 heterocycles. The molecule has 0 radical (unpaired) electrons. The Labute approximate surface area is 178 Å². The summed E-state index contributed by atoms with van der Waals surface area (Å²) in [6.45, 7) is 3.60. The second-order valence-corrected chi connectivity index (χ2v) is 8.33. The van der Waals surface area contributed by atoms with Gasteiger partial charge in [-0.25, -0.2) is 14.1 Å². The van der Waals surface area contributed by atoms with E-state index in [-0.39, 0.29) is 38.1 Å². The summed E-state index contributed by atoms with van der Waals surface area (Å²) in [5.74, 6) is 0.462. The molecule has 1 unspecified atom stereocenters. The molecular weight excluding hydrogens is 449 g/mol. The van der Waals surface area contributed by atoms with Crippen LogP contribution in [0.5, 0.6) is 17.2 Å². The number of phenolic OH excluding ortho intramolecular Hbond substituents is 1. The molecule has 0 saturated carbocycles. The fourth-order valence-corrected chi connectivity index (χ4v) is 4.88. The van der Waals surface area contributed by atoms with Crippen LogP contribution in [-0.4, -0.2) is 37.6 Å². The number of fused-ring (bicyclic) bond motifs is 1. The minimum Gasteiger partial charge on any atom is -0.504 e. The summed E-state index contributed by atoms with van der Waals surface area (Å²) in [5, 5.41) is 10.4. The molecule has 1 atom stereocenters. The lowest BCUT2D eigenvalue weighted by molar-refractivity contribution is 0.374. The first kappa shape index (κ1) is 21.0. The standard InChI is InChI=1S/C17H16Cl3N3O4S/c1-7-9(21-16(19)8(2)14(7)26-3)6-28(25)17-22-13-10(23(17)20)5-11(24)15(27-4)12(13)18/h5,24H,6H2,1-4H3. The van der Waals surface area contributed by atoms with Crippen LogP contribution in [0.2, 0.25) is 10.2 Å². The van der Waals surface area contributed by atoms with Crippen LogP contribution in [0, 0.1) is 13.8 Å². The Morgan fingerprint density at radius 1 is 1.14 bits per heavy atom. The van der Waals surface area contributed by atoms with Crippen molar-refractivity contribution in [3.05, 3.63) is 33.1 Å². The van der Waals surface area contributed by atoms with E-state index in [9.17, 15) is 9.32 Å². The number of imidazole rings is 1.